The minimum atomic E-state index is -3.60. The van der Waals surface area contributed by atoms with Crippen LogP contribution in [-0.4, -0.2) is 52.3 Å². The molecule has 2 rings (SSSR count). The highest BCUT2D eigenvalue weighted by atomic mass is 32.2. The Labute approximate surface area is 173 Å². The number of methoxy groups -OCH3 is 1. The summed E-state index contributed by atoms with van der Waals surface area (Å²) in [5, 5.41) is 0. The van der Waals surface area contributed by atoms with E-state index in [1.54, 1.807) is 45.6 Å². The number of hydrogen-bond donors (Lipinski definition) is 0. The fourth-order valence-corrected chi connectivity index (χ4v) is 6.06. The molecule has 0 aliphatic heterocycles. The predicted molar refractivity (Wildman–Crippen MR) is 111 cm³/mol. The van der Waals surface area contributed by atoms with E-state index in [9.17, 15) is 8.42 Å². The van der Waals surface area contributed by atoms with Crippen LogP contribution in [0.4, 0.5) is 0 Å². The van der Waals surface area contributed by atoms with Gasteiger partial charge in [0.1, 0.15) is 11.5 Å². The third kappa shape index (κ3) is 5.80. The Bertz CT molecular complexity index is 854. The largest absolute Gasteiger partial charge is 0.500 e. The first-order chi connectivity index (χ1) is 13.8. The quantitative estimate of drug-likeness (QED) is 0.495. The molecule has 9 heteroatoms. The van der Waals surface area contributed by atoms with Crippen LogP contribution in [0.5, 0.6) is 11.5 Å². The first kappa shape index (κ1) is 23.4. The molecule has 0 saturated heterocycles. The smallest absolute Gasteiger partial charge is 0.497 e. The van der Waals surface area contributed by atoms with Crippen molar-refractivity contribution < 1.29 is 31.2 Å². The number of benzene rings is 2. The summed E-state index contributed by atoms with van der Waals surface area (Å²) in [5.41, 5.74) is 0. The van der Waals surface area contributed by atoms with Gasteiger partial charge in [0, 0.05) is 27.4 Å². The van der Waals surface area contributed by atoms with E-state index in [0.717, 1.165) is 0 Å². The Kier molecular flexibility index (Phi) is 8.23. The van der Waals surface area contributed by atoms with Crippen LogP contribution in [0.2, 0.25) is 6.04 Å². The summed E-state index contributed by atoms with van der Waals surface area (Å²) >= 11 is 0. The molecule has 0 saturated carbocycles. The maximum absolute atomic E-state index is 12.7. The van der Waals surface area contributed by atoms with Crippen LogP contribution in [0.15, 0.2) is 58.3 Å². The Morgan fingerprint density at radius 2 is 1.24 bits per heavy atom. The zero-order chi connectivity index (χ0) is 21.5. The molecule has 0 aromatic heterocycles. The summed E-state index contributed by atoms with van der Waals surface area (Å²) in [6.45, 7) is 2.44. The summed E-state index contributed by atoms with van der Waals surface area (Å²) in [6.07, 6.45) is 0. The maximum Gasteiger partial charge on any atom is 0.500 e. The monoisotopic (exact) mass is 440 g/mol. The molecule has 29 heavy (non-hydrogen) atoms. The van der Waals surface area contributed by atoms with E-state index >= 15 is 0 Å². The third-order valence-corrected chi connectivity index (χ3v) is 9.42. The Hall–Kier alpha value is -1.91. The van der Waals surface area contributed by atoms with E-state index in [4.69, 9.17) is 22.8 Å². The second kappa shape index (κ2) is 10.2. The number of ether oxygens (including phenoxy) is 2. The van der Waals surface area contributed by atoms with Gasteiger partial charge in [-0.2, -0.15) is 0 Å². The van der Waals surface area contributed by atoms with Gasteiger partial charge in [0.25, 0.3) is 0 Å². The first-order valence-electron chi connectivity index (χ1n) is 9.07. The molecule has 0 radical (unpaired) electrons. The summed E-state index contributed by atoms with van der Waals surface area (Å²) in [7, 11) is 0.000804. The SMILES string of the molecule is COc1ccc(S(=O)(=O)c2ccc(OCC(C)C[Si](OC)(OC)OC)cc2)cc1. The maximum atomic E-state index is 12.7. The molecular weight excluding hydrogens is 412 g/mol. The van der Waals surface area contributed by atoms with E-state index in [1.165, 1.54) is 31.4 Å². The van der Waals surface area contributed by atoms with Crippen LogP contribution in [0.25, 0.3) is 0 Å². The van der Waals surface area contributed by atoms with Crippen molar-refractivity contribution in [3.05, 3.63) is 48.5 Å². The van der Waals surface area contributed by atoms with Crippen LogP contribution < -0.4 is 9.47 Å². The van der Waals surface area contributed by atoms with Gasteiger partial charge in [-0.1, -0.05) is 6.92 Å². The molecule has 0 bridgehead atoms. The molecule has 0 fully saturated rings. The second-order valence-electron chi connectivity index (χ2n) is 6.57. The standard InChI is InChI=1S/C20H28O7SSi/c1-16(15-29(24-3,25-4)26-5)14-27-18-8-12-20(13-9-18)28(21,22)19-10-6-17(23-2)7-11-19/h6-13,16H,14-15H2,1-5H3. The lowest BCUT2D eigenvalue weighted by molar-refractivity contribution is 0.114. The molecule has 1 atom stereocenters. The molecular formula is C20H28O7SSi. The van der Waals surface area contributed by atoms with Crippen molar-refractivity contribution in [3.63, 3.8) is 0 Å². The fraction of sp³-hybridized carbons (Fsp3) is 0.400. The Morgan fingerprint density at radius 3 is 1.66 bits per heavy atom. The molecule has 0 heterocycles. The van der Waals surface area contributed by atoms with Gasteiger partial charge in [-0.3, -0.25) is 0 Å². The lowest BCUT2D eigenvalue weighted by Gasteiger charge is -2.27. The van der Waals surface area contributed by atoms with E-state index < -0.39 is 18.6 Å². The minimum Gasteiger partial charge on any atom is -0.497 e. The topological polar surface area (TPSA) is 80.3 Å². The highest BCUT2D eigenvalue weighted by Crippen LogP contribution is 2.25. The van der Waals surface area contributed by atoms with Gasteiger partial charge in [0.15, 0.2) is 0 Å². The van der Waals surface area contributed by atoms with Crippen LogP contribution >= 0.6 is 0 Å². The molecule has 7 nitrogen and oxygen atoms in total. The summed E-state index contributed by atoms with van der Waals surface area (Å²) in [5.74, 6) is 1.32. The molecule has 2 aromatic rings. The van der Waals surface area contributed by atoms with Gasteiger partial charge in [-0.25, -0.2) is 8.42 Å². The molecule has 0 aliphatic rings. The molecule has 2 aromatic carbocycles. The van der Waals surface area contributed by atoms with Crippen molar-refractivity contribution >= 4 is 18.6 Å². The van der Waals surface area contributed by atoms with Crippen LogP contribution in [-0.2, 0) is 23.1 Å². The first-order valence-corrected chi connectivity index (χ1v) is 12.5. The number of sulfone groups is 1. The molecule has 0 amide bonds. The van der Waals surface area contributed by atoms with Gasteiger partial charge in [-0.05, 0) is 54.4 Å². The lowest BCUT2D eigenvalue weighted by Crippen LogP contribution is -2.44. The van der Waals surface area contributed by atoms with Gasteiger partial charge < -0.3 is 22.8 Å². The van der Waals surface area contributed by atoms with Crippen molar-refractivity contribution in [2.75, 3.05) is 35.0 Å². The predicted octanol–water partition coefficient (Wildman–Crippen LogP) is 3.42. The van der Waals surface area contributed by atoms with Gasteiger partial charge in [0.2, 0.25) is 9.84 Å². The minimum absolute atomic E-state index is 0.129. The molecule has 0 N–H and O–H groups in total. The van der Waals surface area contributed by atoms with E-state index in [0.29, 0.717) is 24.2 Å². The van der Waals surface area contributed by atoms with Crippen molar-refractivity contribution in [1.82, 2.24) is 0 Å². The zero-order valence-electron chi connectivity index (χ0n) is 17.4. The molecule has 0 aliphatic carbocycles. The lowest BCUT2D eigenvalue weighted by atomic mass is 10.2. The highest BCUT2D eigenvalue weighted by molar-refractivity contribution is 7.91. The van der Waals surface area contributed by atoms with Crippen LogP contribution in [0.1, 0.15) is 6.92 Å². The van der Waals surface area contributed by atoms with E-state index in [1.807, 2.05) is 6.92 Å². The van der Waals surface area contributed by atoms with Crippen molar-refractivity contribution in [2.24, 2.45) is 5.92 Å². The number of hydrogen-bond acceptors (Lipinski definition) is 7. The van der Waals surface area contributed by atoms with Crippen molar-refractivity contribution in [1.29, 1.82) is 0 Å². The number of rotatable bonds is 11. The zero-order valence-corrected chi connectivity index (χ0v) is 19.2. The van der Waals surface area contributed by atoms with Crippen molar-refractivity contribution in [3.8, 4) is 11.5 Å². The fourth-order valence-electron chi connectivity index (χ4n) is 2.83. The molecule has 0 spiro atoms. The average Bonchev–Trinajstić information content (AvgIpc) is 2.76. The Morgan fingerprint density at radius 1 is 0.793 bits per heavy atom. The van der Waals surface area contributed by atoms with E-state index in [-0.39, 0.29) is 15.7 Å². The van der Waals surface area contributed by atoms with Crippen molar-refractivity contribution in [2.45, 2.75) is 22.8 Å². The normalized spacial score (nSPS) is 13.1. The Balaban J connectivity index is 2.02. The highest BCUT2D eigenvalue weighted by Gasteiger charge is 2.39. The van der Waals surface area contributed by atoms with E-state index in [2.05, 4.69) is 0 Å². The van der Waals surface area contributed by atoms with Gasteiger partial charge in [-0.15, -0.1) is 0 Å². The summed E-state index contributed by atoms with van der Waals surface area (Å²) < 4.78 is 52.7. The summed E-state index contributed by atoms with van der Waals surface area (Å²) in [4.78, 5) is 0.410. The van der Waals surface area contributed by atoms with Crippen LogP contribution in [0.3, 0.4) is 0 Å². The van der Waals surface area contributed by atoms with Gasteiger partial charge >= 0.3 is 8.80 Å². The third-order valence-electron chi connectivity index (χ3n) is 4.57. The molecule has 160 valence electrons. The average molecular weight is 441 g/mol. The van der Waals surface area contributed by atoms with Gasteiger partial charge in [0.05, 0.1) is 23.5 Å². The molecule has 1 unspecified atom stereocenters. The van der Waals surface area contributed by atoms with Crippen LogP contribution in [0, 0.1) is 5.92 Å². The second-order valence-corrected chi connectivity index (χ2v) is 11.5. The summed E-state index contributed by atoms with van der Waals surface area (Å²) in [6, 6.07) is 13.3.